The van der Waals surface area contributed by atoms with Gasteiger partial charge in [-0.05, 0) is 18.7 Å². The van der Waals surface area contributed by atoms with Crippen LogP contribution >= 0.6 is 15.9 Å². The Kier molecular flexibility index (Phi) is 0.395. The van der Waals surface area contributed by atoms with E-state index in [2.05, 4.69) is 15.9 Å². The van der Waals surface area contributed by atoms with Crippen molar-refractivity contribution in [1.82, 2.24) is 0 Å². The Bertz CT molecular complexity index is 99.1. The molecule has 0 amide bonds. The molecule has 1 heteroatoms. The zero-order valence-corrected chi connectivity index (χ0v) is 4.38. The zero-order chi connectivity index (χ0) is 6.41. The third-order valence-corrected chi connectivity index (χ3v) is 1.19. The van der Waals surface area contributed by atoms with Gasteiger partial charge in [0.25, 0.3) is 0 Å². The van der Waals surface area contributed by atoms with Crippen LogP contribution in [-0.4, -0.2) is 5.28 Å². The van der Waals surface area contributed by atoms with Gasteiger partial charge in [-0.25, -0.2) is 0 Å². The standard InChI is InChI=1S/C4H7Br/c5-3-4-1-2-4/h4H,1-3H2/i3D2,4D. The fourth-order valence-electron chi connectivity index (χ4n) is 0.157. The predicted octanol–water partition coefficient (Wildman–Crippen LogP) is 1.79. The summed E-state index contributed by atoms with van der Waals surface area (Å²) in [6.45, 7) is 0. The molecule has 0 N–H and O–H groups in total. The summed E-state index contributed by atoms with van der Waals surface area (Å²) in [5, 5.41) is -1.47. The third kappa shape index (κ3) is 0.918. The van der Waals surface area contributed by atoms with E-state index in [1.165, 1.54) is 0 Å². The Morgan fingerprint density at radius 3 is 2.80 bits per heavy atom. The molecule has 0 spiro atoms. The van der Waals surface area contributed by atoms with Gasteiger partial charge in [-0.1, -0.05) is 15.9 Å². The van der Waals surface area contributed by atoms with Crippen LogP contribution in [0.25, 0.3) is 0 Å². The summed E-state index contributed by atoms with van der Waals surface area (Å²) in [5.41, 5.74) is 0. The van der Waals surface area contributed by atoms with E-state index in [1.807, 2.05) is 0 Å². The maximum absolute atomic E-state index is 7.27. The number of halogens is 1. The normalized spacial score (nSPS) is 41.4. The van der Waals surface area contributed by atoms with Crippen LogP contribution in [0, 0.1) is 5.89 Å². The first-order valence-corrected chi connectivity index (χ1v) is 2.44. The smallest absolute Gasteiger partial charge is 0.0389 e. The Morgan fingerprint density at radius 2 is 2.80 bits per heavy atom. The first kappa shape index (κ1) is 1.53. The van der Waals surface area contributed by atoms with Crippen molar-refractivity contribution < 1.29 is 4.11 Å². The number of alkyl halides is 1. The quantitative estimate of drug-likeness (QED) is 0.484. The SMILES string of the molecule is [2H]C([2H])(Br)C1([2H])CC1. The topological polar surface area (TPSA) is 0 Å². The Morgan fingerprint density at radius 1 is 2.20 bits per heavy atom. The summed E-state index contributed by atoms with van der Waals surface area (Å²) < 4.78 is 21.4. The molecular formula is C4H7Br. The van der Waals surface area contributed by atoms with Gasteiger partial charge >= 0.3 is 0 Å². The van der Waals surface area contributed by atoms with Gasteiger partial charge < -0.3 is 0 Å². The largest absolute Gasteiger partial charge is 0.0925 e. The molecule has 0 heterocycles. The molecule has 0 aromatic rings. The fourth-order valence-corrected chi connectivity index (χ4v) is 0.553. The first-order chi connectivity index (χ1) is 3.46. The Labute approximate surface area is 44.9 Å². The van der Waals surface area contributed by atoms with Gasteiger partial charge in [-0.15, -0.1) is 0 Å². The molecule has 30 valence electrons. The summed E-state index contributed by atoms with van der Waals surface area (Å²) >= 11 is 2.81. The van der Waals surface area contributed by atoms with E-state index in [1.54, 1.807) is 0 Å². The van der Waals surface area contributed by atoms with Crippen molar-refractivity contribution in [3.05, 3.63) is 0 Å². The van der Waals surface area contributed by atoms with Crippen molar-refractivity contribution in [2.24, 2.45) is 5.89 Å². The van der Waals surface area contributed by atoms with E-state index in [0.29, 0.717) is 12.8 Å². The molecule has 0 bridgehead atoms. The predicted molar refractivity (Wildman–Crippen MR) is 26.5 cm³/mol. The molecule has 1 aliphatic rings. The minimum Gasteiger partial charge on any atom is -0.0925 e. The summed E-state index contributed by atoms with van der Waals surface area (Å²) in [5.74, 6) is -0.812. The van der Waals surface area contributed by atoms with Gasteiger partial charge in [0, 0.05) is 9.39 Å². The van der Waals surface area contributed by atoms with E-state index in [4.69, 9.17) is 4.11 Å². The van der Waals surface area contributed by atoms with E-state index < -0.39 is 11.2 Å². The van der Waals surface area contributed by atoms with Crippen molar-refractivity contribution in [2.45, 2.75) is 12.8 Å². The maximum atomic E-state index is 7.27. The molecule has 0 aromatic heterocycles. The molecular weight excluding hydrogens is 128 g/mol. The van der Waals surface area contributed by atoms with Crippen LogP contribution in [0.4, 0.5) is 0 Å². The van der Waals surface area contributed by atoms with Gasteiger partial charge in [0.2, 0.25) is 0 Å². The molecule has 0 saturated heterocycles. The lowest BCUT2D eigenvalue weighted by molar-refractivity contribution is 1.01. The minimum atomic E-state index is -1.47. The second kappa shape index (κ2) is 1.29. The Balaban J connectivity index is 2.58. The molecule has 0 nitrogen and oxygen atoms in total. The molecule has 0 aromatic carbocycles. The van der Waals surface area contributed by atoms with Crippen LogP contribution in [0.5, 0.6) is 0 Å². The summed E-state index contributed by atoms with van der Waals surface area (Å²) in [6.07, 6.45) is 1.37. The molecule has 1 saturated carbocycles. The van der Waals surface area contributed by atoms with Crippen molar-refractivity contribution in [1.29, 1.82) is 0 Å². The molecule has 0 unspecified atom stereocenters. The average Bonchev–Trinajstić information content (AvgIpc) is 2.16. The highest BCUT2D eigenvalue weighted by atomic mass is 79.9. The molecule has 0 atom stereocenters. The Hall–Kier alpha value is 0.480. The second-order valence-electron chi connectivity index (χ2n) is 1.20. The van der Waals surface area contributed by atoms with Crippen molar-refractivity contribution >= 4 is 15.9 Å². The van der Waals surface area contributed by atoms with Gasteiger partial charge in [-0.3, -0.25) is 0 Å². The van der Waals surface area contributed by atoms with E-state index in [9.17, 15) is 0 Å². The van der Waals surface area contributed by atoms with Gasteiger partial charge in [0.05, 0.1) is 0 Å². The van der Waals surface area contributed by atoms with E-state index >= 15 is 0 Å². The molecule has 1 aliphatic carbocycles. The summed E-state index contributed by atoms with van der Waals surface area (Å²) in [7, 11) is 0. The highest BCUT2D eigenvalue weighted by molar-refractivity contribution is 9.09. The van der Waals surface area contributed by atoms with Crippen LogP contribution in [0.3, 0.4) is 0 Å². The van der Waals surface area contributed by atoms with Crippen LogP contribution in [0.2, 0.25) is 0 Å². The molecule has 1 rings (SSSR count). The number of rotatable bonds is 1. The lowest BCUT2D eigenvalue weighted by Gasteiger charge is -1.70. The summed E-state index contributed by atoms with van der Waals surface area (Å²) in [4.78, 5) is 0. The minimum absolute atomic E-state index is 0.686. The van der Waals surface area contributed by atoms with E-state index in [0.717, 1.165) is 0 Å². The summed E-state index contributed by atoms with van der Waals surface area (Å²) in [6, 6.07) is 0. The van der Waals surface area contributed by atoms with Gasteiger partial charge in [0.1, 0.15) is 0 Å². The molecule has 0 radical (unpaired) electrons. The van der Waals surface area contributed by atoms with Crippen molar-refractivity contribution in [2.75, 3.05) is 5.28 Å². The fraction of sp³-hybridized carbons (Fsp3) is 1.00. The molecule has 0 aliphatic heterocycles. The van der Waals surface area contributed by atoms with Crippen LogP contribution in [0.15, 0.2) is 0 Å². The van der Waals surface area contributed by atoms with Crippen molar-refractivity contribution in [3.63, 3.8) is 0 Å². The highest BCUT2D eigenvalue weighted by Gasteiger charge is 2.18. The highest BCUT2D eigenvalue weighted by Crippen LogP contribution is 2.29. The van der Waals surface area contributed by atoms with Gasteiger partial charge in [0.15, 0.2) is 0 Å². The number of hydrogen-bond acceptors (Lipinski definition) is 0. The third-order valence-electron chi connectivity index (χ3n) is 0.634. The monoisotopic (exact) mass is 137 g/mol. The maximum Gasteiger partial charge on any atom is 0.0389 e. The lowest BCUT2D eigenvalue weighted by Crippen LogP contribution is -1.66. The van der Waals surface area contributed by atoms with Crippen molar-refractivity contribution in [3.8, 4) is 0 Å². The second-order valence-corrected chi connectivity index (χ2v) is 1.59. The van der Waals surface area contributed by atoms with Crippen LogP contribution in [0.1, 0.15) is 17.0 Å². The van der Waals surface area contributed by atoms with E-state index in [-0.39, 0.29) is 0 Å². The first-order valence-electron chi connectivity index (χ1n) is 3.15. The molecule has 1 fully saturated rings. The van der Waals surface area contributed by atoms with Crippen LogP contribution in [-0.2, 0) is 0 Å². The molecule has 5 heavy (non-hydrogen) atoms. The zero-order valence-electron chi connectivity index (χ0n) is 5.79. The average molecular weight is 138 g/mol. The van der Waals surface area contributed by atoms with Gasteiger partial charge in [-0.2, -0.15) is 0 Å². The lowest BCUT2D eigenvalue weighted by atomic mass is 10.5. The number of hydrogen-bond donors (Lipinski definition) is 0. The van der Waals surface area contributed by atoms with Crippen LogP contribution < -0.4 is 0 Å².